The molecule has 116 valence electrons. The van der Waals surface area contributed by atoms with E-state index in [2.05, 4.69) is 16.9 Å². The topological polar surface area (TPSA) is 38.2 Å². The number of anilines is 1. The lowest BCUT2D eigenvalue weighted by Crippen LogP contribution is -2.44. The van der Waals surface area contributed by atoms with Crippen molar-refractivity contribution >= 4 is 5.95 Å². The van der Waals surface area contributed by atoms with Gasteiger partial charge in [-0.1, -0.05) is 6.92 Å². The van der Waals surface area contributed by atoms with Crippen LogP contribution in [0.5, 0.6) is 0 Å². The van der Waals surface area contributed by atoms with Gasteiger partial charge in [0.05, 0.1) is 5.60 Å². The third-order valence-electron chi connectivity index (χ3n) is 4.29. The van der Waals surface area contributed by atoms with Gasteiger partial charge in [-0.25, -0.2) is 9.97 Å². The highest BCUT2D eigenvalue weighted by Gasteiger charge is 2.42. The maximum Gasteiger partial charge on any atom is 0.433 e. The van der Waals surface area contributed by atoms with Gasteiger partial charge in [-0.2, -0.15) is 13.2 Å². The summed E-state index contributed by atoms with van der Waals surface area (Å²) in [5.41, 5.74) is -0.976. The van der Waals surface area contributed by atoms with E-state index in [1.54, 1.807) is 0 Å². The number of hydrogen-bond donors (Lipinski definition) is 0. The number of aromatic nitrogens is 2. The summed E-state index contributed by atoms with van der Waals surface area (Å²) in [4.78, 5) is 9.44. The molecule has 4 nitrogen and oxygen atoms in total. The zero-order chi connectivity index (χ0) is 15.1. The first-order valence-electron chi connectivity index (χ1n) is 7.17. The summed E-state index contributed by atoms with van der Waals surface area (Å²) in [6.45, 7) is 4.21. The Morgan fingerprint density at radius 3 is 2.62 bits per heavy atom. The normalized spacial score (nSPS) is 25.5. The Hall–Kier alpha value is -1.37. The van der Waals surface area contributed by atoms with Crippen molar-refractivity contribution in [3.8, 4) is 0 Å². The van der Waals surface area contributed by atoms with Crippen LogP contribution >= 0.6 is 0 Å². The fourth-order valence-corrected chi connectivity index (χ4v) is 3.19. The second-order valence-electron chi connectivity index (χ2n) is 6.03. The summed E-state index contributed by atoms with van der Waals surface area (Å²) in [5, 5.41) is 0. The summed E-state index contributed by atoms with van der Waals surface area (Å²) >= 11 is 0. The molecule has 0 aliphatic carbocycles. The molecule has 0 N–H and O–H groups in total. The molecule has 21 heavy (non-hydrogen) atoms. The lowest BCUT2D eigenvalue weighted by molar-refractivity contribution is -0.141. The van der Waals surface area contributed by atoms with Gasteiger partial charge in [-0.15, -0.1) is 0 Å². The standard InChI is InChI=1S/C14H18F3N3O/c1-10-8-13(21-9-10)3-6-20(7-4-13)12-18-5-2-11(19-12)14(15,16)17/h2,5,10H,3-4,6-9H2,1H3. The summed E-state index contributed by atoms with van der Waals surface area (Å²) in [7, 11) is 0. The van der Waals surface area contributed by atoms with Crippen molar-refractivity contribution in [2.24, 2.45) is 5.92 Å². The van der Waals surface area contributed by atoms with Crippen LogP contribution in [-0.4, -0.2) is 35.3 Å². The monoisotopic (exact) mass is 301 g/mol. The number of halogens is 3. The number of hydrogen-bond acceptors (Lipinski definition) is 4. The average molecular weight is 301 g/mol. The molecule has 2 saturated heterocycles. The van der Waals surface area contributed by atoms with Crippen LogP contribution in [0.25, 0.3) is 0 Å². The quantitative estimate of drug-likeness (QED) is 0.799. The first-order valence-corrected chi connectivity index (χ1v) is 7.17. The molecule has 7 heteroatoms. The Bertz CT molecular complexity index is 512. The average Bonchev–Trinajstić information content (AvgIpc) is 2.80. The predicted molar refractivity (Wildman–Crippen MR) is 70.9 cm³/mol. The number of rotatable bonds is 1. The van der Waals surface area contributed by atoms with Crippen molar-refractivity contribution in [2.45, 2.75) is 38.0 Å². The molecule has 1 aromatic rings. The van der Waals surface area contributed by atoms with Crippen molar-refractivity contribution in [1.82, 2.24) is 9.97 Å². The molecule has 3 heterocycles. The number of nitrogens with zero attached hydrogens (tertiary/aromatic N) is 3. The molecule has 1 aromatic heterocycles. The third-order valence-corrected chi connectivity index (χ3v) is 4.29. The van der Waals surface area contributed by atoms with E-state index in [1.165, 1.54) is 6.20 Å². The molecule has 1 atom stereocenters. The SMILES string of the molecule is CC1COC2(CCN(c3nccc(C(F)(F)F)n3)CC2)C1. The zero-order valence-corrected chi connectivity index (χ0v) is 11.9. The Labute approximate surface area is 121 Å². The smallest absolute Gasteiger partial charge is 0.375 e. The van der Waals surface area contributed by atoms with E-state index < -0.39 is 11.9 Å². The Morgan fingerprint density at radius 1 is 1.33 bits per heavy atom. The Kier molecular flexibility index (Phi) is 3.55. The molecule has 0 radical (unpaired) electrons. The number of alkyl halides is 3. The van der Waals surface area contributed by atoms with Gasteiger partial charge in [-0.3, -0.25) is 0 Å². The van der Waals surface area contributed by atoms with Crippen LogP contribution < -0.4 is 4.90 Å². The van der Waals surface area contributed by atoms with Crippen LogP contribution in [0.3, 0.4) is 0 Å². The molecular formula is C14H18F3N3O. The molecule has 2 fully saturated rings. The van der Waals surface area contributed by atoms with E-state index in [-0.39, 0.29) is 11.5 Å². The van der Waals surface area contributed by atoms with Crippen LogP contribution in [0.1, 0.15) is 31.9 Å². The van der Waals surface area contributed by atoms with Gasteiger partial charge in [0, 0.05) is 25.9 Å². The van der Waals surface area contributed by atoms with E-state index in [0.717, 1.165) is 31.9 Å². The van der Waals surface area contributed by atoms with Crippen LogP contribution in [-0.2, 0) is 10.9 Å². The second kappa shape index (κ2) is 5.12. The third kappa shape index (κ3) is 2.97. The molecule has 0 aromatic carbocycles. The zero-order valence-electron chi connectivity index (χ0n) is 11.9. The van der Waals surface area contributed by atoms with Gasteiger partial charge in [-0.05, 0) is 31.2 Å². The van der Waals surface area contributed by atoms with Crippen LogP contribution in [0.2, 0.25) is 0 Å². The molecular weight excluding hydrogens is 283 g/mol. The van der Waals surface area contributed by atoms with Gasteiger partial charge < -0.3 is 9.64 Å². The van der Waals surface area contributed by atoms with E-state index >= 15 is 0 Å². The number of ether oxygens (including phenoxy) is 1. The predicted octanol–water partition coefficient (Wildman–Crippen LogP) is 2.89. The Balaban J connectivity index is 1.70. The summed E-state index contributed by atoms with van der Waals surface area (Å²) in [6.07, 6.45) is -0.597. The van der Waals surface area contributed by atoms with Crippen LogP contribution in [0, 0.1) is 5.92 Å². The fraction of sp³-hybridized carbons (Fsp3) is 0.714. The molecule has 2 aliphatic heterocycles. The fourth-order valence-electron chi connectivity index (χ4n) is 3.19. The van der Waals surface area contributed by atoms with Gasteiger partial charge in [0.2, 0.25) is 5.95 Å². The maximum absolute atomic E-state index is 12.7. The highest BCUT2D eigenvalue weighted by molar-refractivity contribution is 5.32. The molecule has 0 saturated carbocycles. The lowest BCUT2D eigenvalue weighted by atomic mass is 9.86. The summed E-state index contributed by atoms with van der Waals surface area (Å²) in [5.74, 6) is 0.715. The van der Waals surface area contributed by atoms with E-state index in [9.17, 15) is 13.2 Å². The maximum atomic E-state index is 12.7. The minimum atomic E-state index is -4.43. The van der Waals surface area contributed by atoms with Crippen molar-refractivity contribution in [1.29, 1.82) is 0 Å². The van der Waals surface area contributed by atoms with Gasteiger partial charge in [0.1, 0.15) is 5.69 Å². The van der Waals surface area contributed by atoms with Crippen molar-refractivity contribution in [3.63, 3.8) is 0 Å². The summed E-state index contributed by atoms with van der Waals surface area (Å²) in [6, 6.07) is 0.900. The van der Waals surface area contributed by atoms with E-state index in [4.69, 9.17) is 4.74 Å². The number of piperidine rings is 1. The molecule has 1 spiro atoms. The highest BCUT2D eigenvalue weighted by atomic mass is 19.4. The largest absolute Gasteiger partial charge is 0.433 e. The molecule has 0 bridgehead atoms. The van der Waals surface area contributed by atoms with Crippen molar-refractivity contribution in [3.05, 3.63) is 18.0 Å². The first-order chi connectivity index (χ1) is 9.88. The van der Waals surface area contributed by atoms with E-state index in [0.29, 0.717) is 19.0 Å². The first kappa shape index (κ1) is 14.6. The van der Waals surface area contributed by atoms with Crippen molar-refractivity contribution < 1.29 is 17.9 Å². The van der Waals surface area contributed by atoms with Crippen LogP contribution in [0.15, 0.2) is 12.3 Å². The van der Waals surface area contributed by atoms with Gasteiger partial charge in [0.25, 0.3) is 0 Å². The molecule has 3 rings (SSSR count). The van der Waals surface area contributed by atoms with Crippen molar-refractivity contribution in [2.75, 3.05) is 24.6 Å². The molecule has 0 amide bonds. The Morgan fingerprint density at radius 2 is 2.05 bits per heavy atom. The van der Waals surface area contributed by atoms with E-state index in [1.807, 2.05) is 4.90 Å². The molecule has 2 aliphatic rings. The lowest BCUT2D eigenvalue weighted by Gasteiger charge is -2.38. The van der Waals surface area contributed by atoms with Gasteiger partial charge in [0.15, 0.2) is 0 Å². The second-order valence-corrected chi connectivity index (χ2v) is 6.03. The highest BCUT2D eigenvalue weighted by Crippen LogP contribution is 2.39. The van der Waals surface area contributed by atoms with Gasteiger partial charge >= 0.3 is 6.18 Å². The van der Waals surface area contributed by atoms with Crippen LogP contribution in [0.4, 0.5) is 19.1 Å². The molecule has 1 unspecified atom stereocenters. The minimum Gasteiger partial charge on any atom is -0.375 e. The minimum absolute atomic E-state index is 0.0858. The summed E-state index contributed by atoms with van der Waals surface area (Å²) < 4.78 is 44.0.